The van der Waals surface area contributed by atoms with Crippen molar-refractivity contribution in [2.45, 2.75) is 32.4 Å². The van der Waals surface area contributed by atoms with Gasteiger partial charge in [0.25, 0.3) is 0 Å². The molecule has 0 spiro atoms. The molecule has 0 aliphatic carbocycles. The van der Waals surface area contributed by atoms with Crippen molar-refractivity contribution >= 4 is 5.91 Å². The Hall–Kier alpha value is -0.690. The second-order valence-electron chi connectivity index (χ2n) is 5.56. The van der Waals surface area contributed by atoms with Gasteiger partial charge >= 0.3 is 0 Å². The normalized spacial score (nSPS) is 19.9. The maximum absolute atomic E-state index is 11.9. The van der Waals surface area contributed by atoms with Crippen molar-refractivity contribution in [1.29, 1.82) is 0 Å². The van der Waals surface area contributed by atoms with Gasteiger partial charge in [-0.2, -0.15) is 0 Å². The molecule has 1 rings (SSSR count). The molecule has 6 heteroatoms. The van der Waals surface area contributed by atoms with E-state index in [4.69, 9.17) is 15.2 Å². The highest BCUT2D eigenvalue weighted by atomic mass is 16.5. The van der Waals surface area contributed by atoms with Crippen LogP contribution in [0.3, 0.4) is 0 Å². The van der Waals surface area contributed by atoms with Crippen molar-refractivity contribution in [3.63, 3.8) is 0 Å². The van der Waals surface area contributed by atoms with E-state index in [1.807, 2.05) is 0 Å². The lowest BCUT2D eigenvalue weighted by Crippen LogP contribution is -2.51. The van der Waals surface area contributed by atoms with Gasteiger partial charge in [0.1, 0.15) is 0 Å². The highest BCUT2D eigenvalue weighted by Gasteiger charge is 2.24. The average molecular weight is 287 g/mol. The van der Waals surface area contributed by atoms with Gasteiger partial charge in [-0.25, -0.2) is 0 Å². The van der Waals surface area contributed by atoms with E-state index in [1.165, 1.54) is 0 Å². The zero-order valence-corrected chi connectivity index (χ0v) is 12.9. The number of carbonyl (C=O) groups excluding carboxylic acids is 1. The van der Waals surface area contributed by atoms with E-state index in [2.05, 4.69) is 24.1 Å². The van der Waals surface area contributed by atoms with E-state index in [9.17, 15) is 4.79 Å². The molecular weight excluding hydrogens is 258 g/mol. The van der Waals surface area contributed by atoms with E-state index in [0.717, 1.165) is 26.3 Å². The number of nitrogens with one attached hydrogen (secondary N) is 1. The first-order valence-corrected chi connectivity index (χ1v) is 7.39. The van der Waals surface area contributed by atoms with Crippen LogP contribution >= 0.6 is 0 Å². The van der Waals surface area contributed by atoms with Gasteiger partial charge in [0, 0.05) is 39.3 Å². The molecule has 118 valence electrons. The van der Waals surface area contributed by atoms with E-state index in [1.54, 1.807) is 7.11 Å². The van der Waals surface area contributed by atoms with Gasteiger partial charge in [0.05, 0.1) is 25.7 Å². The average Bonchev–Trinajstić information content (AvgIpc) is 2.45. The summed E-state index contributed by atoms with van der Waals surface area (Å²) >= 11 is 0. The molecule has 1 aliphatic rings. The highest BCUT2D eigenvalue weighted by Crippen LogP contribution is 2.12. The van der Waals surface area contributed by atoms with Gasteiger partial charge in [-0.3, -0.25) is 9.69 Å². The zero-order chi connectivity index (χ0) is 15.0. The predicted octanol–water partition coefficient (Wildman–Crippen LogP) is -0.177. The van der Waals surface area contributed by atoms with Crippen molar-refractivity contribution < 1.29 is 14.3 Å². The third kappa shape index (κ3) is 5.75. The van der Waals surface area contributed by atoms with Crippen LogP contribution in [0.4, 0.5) is 0 Å². The zero-order valence-electron chi connectivity index (χ0n) is 12.9. The van der Waals surface area contributed by atoms with E-state index >= 15 is 0 Å². The molecule has 0 aromatic rings. The van der Waals surface area contributed by atoms with Gasteiger partial charge in [0.2, 0.25) is 5.91 Å². The number of amides is 1. The summed E-state index contributed by atoms with van der Waals surface area (Å²) in [6.07, 6.45) is 0.122. The molecule has 0 saturated carbocycles. The van der Waals surface area contributed by atoms with E-state index in [0.29, 0.717) is 31.5 Å². The third-order valence-corrected chi connectivity index (χ3v) is 3.80. The Kier molecular flexibility index (Phi) is 8.06. The van der Waals surface area contributed by atoms with Crippen LogP contribution in [0.15, 0.2) is 0 Å². The van der Waals surface area contributed by atoms with Crippen LogP contribution in [-0.4, -0.2) is 69.5 Å². The Balaban J connectivity index is 2.40. The van der Waals surface area contributed by atoms with Crippen LogP contribution in [-0.2, 0) is 14.3 Å². The molecule has 3 N–H and O–H groups in total. The molecule has 1 heterocycles. The smallest absolute Gasteiger partial charge is 0.222 e. The lowest BCUT2D eigenvalue weighted by molar-refractivity contribution is -0.123. The van der Waals surface area contributed by atoms with Crippen molar-refractivity contribution in [3.05, 3.63) is 0 Å². The quantitative estimate of drug-likeness (QED) is 0.648. The van der Waals surface area contributed by atoms with Gasteiger partial charge in [0.15, 0.2) is 0 Å². The van der Waals surface area contributed by atoms with Crippen molar-refractivity contribution in [3.8, 4) is 0 Å². The largest absolute Gasteiger partial charge is 0.380 e. The van der Waals surface area contributed by atoms with Gasteiger partial charge in [-0.15, -0.1) is 0 Å². The number of hydrogen-bond donors (Lipinski definition) is 2. The lowest BCUT2D eigenvalue weighted by Gasteiger charge is -2.37. The fraction of sp³-hybridized carbons (Fsp3) is 0.929. The van der Waals surface area contributed by atoms with Crippen LogP contribution < -0.4 is 11.1 Å². The lowest BCUT2D eigenvalue weighted by atomic mass is 10.0. The molecule has 1 saturated heterocycles. The fourth-order valence-corrected chi connectivity index (χ4v) is 2.46. The highest BCUT2D eigenvalue weighted by molar-refractivity contribution is 5.76. The summed E-state index contributed by atoms with van der Waals surface area (Å²) in [6, 6.07) is 0.349. The summed E-state index contributed by atoms with van der Waals surface area (Å²) in [4.78, 5) is 14.3. The maximum Gasteiger partial charge on any atom is 0.222 e. The molecular formula is C14H29N3O3. The maximum atomic E-state index is 11.9. The predicted molar refractivity (Wildman–Crippen MR) is 78.5 cm³/mol. The summed E-state index contributed by atoms with van der Waals surface area (Å²) in [5.41, 5.74) is 5.53. The molecule has 0 radical (unpaired) electrons. The van der Waals surface area contributed by atoms with Gasteiger partial charge < -0.3 is 20.5 Å². The van der Waals surface area contributed by atoms with E-state index in [-0.39, 0.29) is 12.0 Å². The number of rotatable bonds is 8. The second kappa shape index (κ2) is 9.28. The molecule has 1 fully saturated rings. The monoisotopic (exact) mass is 287 g/mol. The minimum Gasteiger partial charge on any atom is -0.380 e. The first-order valence-electron chi connectivity index (χ1n) is 7.39. The van der Waals surface area contributed by atoms with Gasteiger partial charge in [-0.05, 0) is 5.92 Å². The number of morpholine rings is 1. The minimum atomic E-state index is -0.198. The Morgan fingerprint density at radius 3 is 2.55 bits per heavy atom. The molecule has 2 atom stereocenters. The number of nitrogens with zero attached hydrogens (tertiary/aromatic N) is 1. The summed E-state index contributed by atoms with van der Waals surface area (Å²) < 4.78 is 10.5. The molecule has 0 bridgehead atoms. The molecule has 2 unspecified atom stereocenters. The van der Waals surface area contributed by atoms with Crippen LogP contribution in [0.1, 0.15) is 20.3 Å². The first kappa shape index (κ1) is 17.4. The van der Waals surface area contributed by atoms with Crippen LogP contribution in [0, 0.1) is 5.92 Å². The van der Waals surface area contributed by atoms with Crippen molar-refractivity contribution in [2.75, 3.05) is 46.5 Å². The van der Waals surface area contributed by atoms with Crippen molar-refractivity contribution in [2.24, 2.45) is 11.7 Å². The van der Waals surface area contributed by atoms with E-state index < -0.39 is 0 Å². The summed E-state index contributed by atoms with van der Waals surface area (Å²) in [5, 5.41) is 3.00. The van der Waals surface area contributed by atoms with Crippen LogP contribution in [0.5, 0.6) is 0 Å². The Labute approximate surface area is 122 Å². The topological polar surface area (TPSA) is 76.8 Å². The Morgan fingerprint density at radius 1 is 1.40 bits per heavy atom. The molecule has 0 aromatic heterocycles. The number of hydrogen-bond acceptors (Lipinski definition) is 5. The van der Waals surface area contributed by atoms with Gasteiger partial charge in [-0.1, -0.05) is 13.8 Å². The van der Waals surface area contributed by atoms with Crippen molar-refractivity contribution in [1.82, 2.24) is 10.2 Å². The molecule has 20 heavy (non-hydrogen) atoms. The fourth-order valence-electron chi connectivity index (χ4n) is 2.46. The number of methoxy groups -OCH3 is 1. The third-order valence-electron chi connectivity index (χ3n) is 3.80. The SMILES string of the molecule is COC(CN)CC(=O)NCC(C(C)C)N1CCOCC1. The minimum absolute atomic E-state index is 0.00112. The van der Waals surface area contributed by atoms with Crippen LogP contribution in [0.2, 0.25) is 0 Å². The van der Waals surface area contributed by atoms with Crippen LogP contribution in [0.25, 0.3) is 0 Å². The number of carbonyl (C=O) groups is 1. The molecule has 1 amide bonds. The summed E-state index contributed by atoms with van der Waals surface area (Å²) in [6.45, 7) is 8.81. The standard InChI is InChI=1S/C14H29N3O3/c1-11(2)13(17-4-6-20-7-5-17)10-16-14(18)8-12(9-15)19-3/h11-13H,4-10,15H2,1-3H3,(H,16,18). The second-order valence-corrected chi connectivity index (χ2v) is 5.56. The molecule has 6 nitrogen and oxygen atoms in total. The summed E-state index contributed by atoms with van der Waals surface area (Å²) in [5.74, 6) is 0.488. The Bertz CT molecular complexity index is 277. The summed E-state index contributed by atoms with van der Waals surface area (Å²) in [7, 11) is 1.58. The number of nitrogens with two attached hydrogens (primary N) is 1. The molecule has 1 aliphatic heterocycles. The molecule has 0 aromatic carbocycles. The number of ether oxygens (including phenoxy) is 2. The Morgan fingerprint density at radius 2 is 2.05 bits per heavy atom. The first-order chi connectivity index (χ1) is 9.58.